The number of nitrogens with one attached hydrogen (secondary N) is 1. The topological polar surface area (TPSA) is 189 Å². The molecule has 2 aromatic rings. The molecule has 27 heavy (non-hydrogen) atoms. The largest absolute Gasteiger partial charge is 0.394 e. The van der Waals surface area contributed by atoms with Crippen molar-refractivity contribution in [3.8, 4) is 0 Å². The van der Waals surface area contributed by atoms with Crippen LogP contribution in [-0.4, -0.2) is 81.0 Å². The van der Waals surface area contributed by atoms with Crippen molar-refractivity contribution in [2.45, 2.75) is 31.0 Å². The lowest BCUT2D eigenvalue weighted by Gasteiger charge is -2.27. The van der Waals surface area contributed by atoms with Gasteiger partial charge in [0.05, 0.1) is 19.2 Å². The quantitative estimate of drug-likeness (QED) is 0.327. The van der Waals surface area contributed by atoms with Crippen molar-refractivity contribution < 1.29 is 28.5 Å². The van der Waals surface area contributed by atoms with Crippen LogP contribution in [0.25, 0.3) is 11.2 Å². The highest BCUT2D eigenvalue weighted by atomic mass is 32.2. The first-order valence-electron chi connectivity index (χ1n) is 7.83. The van der Waals surface area contributed by atoms with Crippen molar-refractivity contribution in [2.24, 2.45) is 0 Å². The maximum absolute atomic E-state index is 11.5. The molecular weight excluding hydrogens is 382 g/mol. The van der Waals surface area contributed by atoms with Gasteiger partial charge in [-0.25, -0.2) is 13.4 Å². The molecule has 0 bridgehead atoms. The Bertz CT molecular complexity index is 961. The molecule has 1 aliphatic heterocycles. The normalized spacial score (nSPS) is 28.7. The number of hydrogen-bond donors (Lipinski definition) is 5. The van der Waals surface area contributed by atoms with Gasteiger partial charge in [-0.05, 0) is 6.92 Å². The van der Waals surface area contributed by atoms with Crippen molar-refractivity contribution in [1.82, 2.24) is 24.4 Å². The lowest BCUT2D eigenvalue weighted by atomic mass is 9.96. The van der Waals surface area contributed by atoms with Crippen LogP contribution >= 0.6 is 0 Å². The van der Waals surface area contributed by atoms with Gasteiger partial charge in [0.15, 0.2) is 23.2 Å². The number of aliphatic hydroxyl groups is 3. The molecular formula is C13H21N7O6S. The third-order valence-corrected chi connectivity index (χ3v) is 4.83. The Morgan fingerprint density at radius 2 is 2.15 bits per heavy atom. The highest BCUT2D eigenvalue weighted by molar-refractivity contribution is 7.88. The lowest BCUT2D eigenvalue weighted by Crippen LogP contribution is -2.44. The third-order valence-electron chi connectivity index (χ3n) is 4.23. The number of nitrogens with two attached hydrogens (primary N) is 1. The molecule has 13 nitrogen and oxygen atoms in total. The number of hydrogen-bond acceptors (Lipinski definition) is 11. The molecule has 14 heteroatoms. The van der Waals surface area contributed by atoms with Gasteiger partial charge in [0, 0.05) is 7.05 Å². The minimum absolute atomic E-state index is 0.0820. The highest BCUT2D eigenvalue weighted by Crippen LogP contribution is 2.39. The molecule has 0 spiro atoms. The molecule has 2 aromatic heterocycles. The summed E-state index contributed by atoms with van der Waals surface area (Å²) in [4.78, 5) is 14.5. The molecule has 1 fully saturated rings. The molecule has 3 rings (SSSR count). The first-order chi connectivity index (χ1) is 12.5. The Hall–Kier alpha value is -2.10. The van der Waals surface area contributed by atoms with Gasteiger partial charge in [0.2, 0.25) is 16.0 Å². The molecule has 0 saturated carbocycles. The van der Waals surface area contributed by atoms with Crippen molar-refractivity contribution in [3.05, 3.63) is 6.33 Å². The van der Waals surface area contributed by atoms with Gasteiger partial charge in [-0.2, -0.15) is 9.97 Å². The smallest absolute Gasteiger partial charge is 0.225 e. The Labute approximate surface area is 154 Å². The lowest BCUT2D eigenvalue weighted by molar-refractivity contribution is -0.0950. The number of fused-ring (bicyclic) bond motifs is 1. The maximum Gasteiger partial charge on any atom is 0.225 e. The zero-order valence-electron chi connectivity index (χ0n) is 14.8. The van der Waals surface area contributed by atoms with Gasteiger partial charge in [-0.1, -0.05) is 0 Å². The van der Waals surface area contributed by atoms with E-state index in [4.69, 9.17) is 10.5 Å². The number of ether oxygens (including phenoxy) is 1. The van der Waals surface area contributed by atoms with Crippen molar-refractivity contribution >= 4 is 33.0 Å². The van der Waals surface area contributed by atoms with Gasteiger partial charge >= 0.3 is 0 Å². The molecule has 1 unspecified atom stereocenters. The number of nitrogens with zero attached hydrogens (tertiary/aromatic N) is 5. The monoisotopic (exact) mass is 403 g/mol. The summed E-state index contributed by atoms with van der Waals surface area (Å²) in [7, 11) is -2.17. The van der Waals surface area contributed by atoms with Gasteiger partial charge in [-0.3, -0.25) is 9.58 Å². The van der Waals surface area contributed by atoms with Crippen LogP contribution in [0.5, 0.6) is 0 Å². The van der Waals surface area contributed by atoms with Gasteiger partial charge in [0.25, 0.3) is 0 Å². The SMILES string of the molecule is CN(NS(C)(=O)=O)c1nc(N)nc2c1ncn2[C@@H]1O[C@H](CO)C(O)[C@]1(C)O. The number of rotatable bonds is 5. The van der Waals surface area contributed by atoms with E-state index >= 15 is 0 Å². The highest BCUT2D eigenvalue weighted by Gasteiger charge is 2.53. The summed E-state index contributed by atoms with van der Waals surface area (Å²) in [5.74, 6) is -0.0862. The second kappa shape index (κ2) is 6.50. The Morgan fingerprint density at radius 3 is 2.70 bits per heavy atom. The standard InChI is InChI=1S/C13H21N7O6S/c1-13(23)8(22)6(4-21)26-11(13)20-5-15-7-9(16-12(14)17-10(7)20)19(2)18-27(3,24)25/h5-6,8,11,18,21-23H,4H2,1-3H3,(H2,14,16,17)/t6-,8?,11-,13+/m1/s1. The number of imidazole rings is 1. The zero-order chi connectivity index (χ0) is 20.1. The molecule has 4 atom stereocenters. The number of hydrazine groups is 1. The minimum Gasteiger partial charge on any atom is -0.394 e. The summed E-state index contributed by atoms with van der Waals surface area (Å²) in [5, 5.41) is 31.3. The number of sulfonamides is 1. The van der Waals surface area contributed by atoms with Crippen LogP contribution in [0.1, 0.15) is 13.2 Å². The van der Waals surface area contributed by atoms with Crippen LogP contribution in [0.15, 0.2) is 6.33 Å². The Morgan fingerprint density at radius 1 is 1.48 bits per heavy atom. The van der Waals surface area contributed by atoms with E-state index < -0.39 is 40.7 Å². The van der Waals surface area contributed by atoms with Crippen molar-refractivity contribution in [3.63, 3.8) is 0 Å². The van der Waals surface area contributed by atoms with Crippen LogP contribution in [0.4, 0.5) is 11.8 Å². The summed E-state index contributed by atoms with van der Waals surface area (Å²) in [5.41, 5.74) is 4.32. The molecule has 0 radical (unpaired) electrons. The summed E-state index contributed by atoms with van der Waals surface area (Å²) in [6.07, 6.45) is -1.20. The summed E-state index contributed by atoms with van der Waals surface area (Å²) in [6.45, 7) is 0.858. The summed E-state index contributed by atoms with van der Waals surface area (Å²) in [6, 6.07) is 0. The average Bonchev–Trinajstić information content (AvgIpc) is 3.04. The van der Waals surface area contributed by atoms with Crippen LogP contribution in [0.3, 0.4) is 0 Å². The van der Waals surface area contributed by atoms with E-state index in [2.05, 4.69) is 19.8 Å². The maximum atomic E-state index is 11.5. The average molecular weight is 403 g/mol. The van der Waals surface area contributed by atoms with Crippen molar-refractivity contribution in [1.29, 1.82) is 0 Å². The van der Waals surface area contributed by atoms with Gasteiger partial charge in [0.1, 0.15) is 17.8 Å². The predicted molar refractivity (Wildman–Crippen MR) is 93.7 cm³/mol. The van der Waals surface area contributed by atoms with Crippen LogP contribution in [-0.2, 0) is 14.8 Å². The van der Waals surface area contributed by atoms with E-state index in [9.17, 15) is 23.7 Å². The zero-order valence-corrected chi connectivity index (χ0v) is 15.6. The van der Waals surface area contributed by atoms with E-state index in [1.165, 1.54) is 24.9 Å². The molecule has 0 aromatic carbocycles. The van der Waals surface area contributed by atoms with Crippen LogP contribution in [0, 0.1) is 0 Å². The molecule has 3 heterocycles. The van der Waals surface area contributed by atoms with E-state index in [0.717, 1.165) is 11.3 Å². The number of nitrogen functional groups attached to an aromatic ring is 1. The fourth-order valence-electron chi connectivity index (χ4n) is 3.01. The minimum atomic E-state index is -3.58. The van der Waals surface area contributed by atoms with Gasteiger partial charge in [-0.15, -0.1) is 4.83 Å². The number of anilines is 2. The van der Waals surface area contributed by atoms with E-state index in [1.807, 2.05) is 0 Å². The van der Waals surface area contributed by atoms with Gasteiger partial charge < -0.3 is 25.8 Å². The summed E-state index contributed by atoms with van der Waals surface area (Å²) < 4.78 is 29.9. The Balaban J connectivity index is 2.10. The van der Waals surface area contributed by atoms with Crippen molar-refractivity contribution in [2.75, 3.05) is 30.7 Å². The summed E-state index contributed by atoms with van der Waals surface area (Å²) >= 11 is 0. The molecule has 0 aliphatic carbocycles. The second-order valence-corrected chi connectivity index (χ2v) is 8.26. The van der Waals surface area contributed by atoms with E-state index in [0.29, 0.717) is 0 Å². The number of aromatic nitrogens is 4. The van der Waals surface area contributed by atoms with E-state index in [1.54, 1.807) is 0 Å². The predicted octanol–water partition coefficient (Wildman–Crippen LogP) is -2.69. The molecule has 150 valence electrons. The van der Waals surface area contributed by atoms with Crippen LogP contribution in [0.2, 0.25) is 0 Å². The molecule has 6 N–H and O–H groups in total. The fraction of sp³-hybridized carbons (Fsp3) is 0.615. The first-order valence-corrected chi connectivity index (χ1v) is 9.72. The fourth-order valence-corrected chi connectivity index (χ4v) is 3.59. The van der Waals surface area contributed by atoms with E-state index in [-0.39, 0.29) is 22.9 Å². The third kappa shape index (κ3) is 3.42. The Kier molecular flexibility index (Phi) is 4.73. The molecule has 1 aliphatic rings. The second-order valence-electron chi connectivity index (χ2n) is 6.53. The number of aliphatic hydroxyl groups excluding tert-OH is 2. The molecule has 0 amide bonds. The van der Waals surface area contributed by atoms with Crippen LogP contribution < -0.4 is 15.6 Å². The molecule has 1 saturated heterocycles. The first kappa shape index (κ1) is 19.7.